The first kappa shape index (κ1) is 18.6. The minimum atomic E-state index is -4.39. The number of hydrogen-bond donors (Lipinski definition) is 1. The summed E-state index contributed by atoms with van der Waals surface area (Å²) in [5.41, 5.74) is 1.15. The maximum atomic E-state index is 12.7. The van der Waals surface area contributed by atoms with Crippen molar-refractivity contribution in [2.45, 2.75) is 25.6 Å². The van der Waals surface area contributed by atoms with Crippen molar-refractivity contribution in [3.63, 3.8) is 0 Å². The van der Waals surface area contributed by atoms with Crippen LogP contribution in [-0.4, -0.2) is 16.0 Å². The predicted octanol–water partition coefficient (Wildman–Crippen LogP) is 4.00. The number of pyridine rings is 1. The van der Waals surface area contributed by atoms with E-state index in [-0.39, 0.29) is 12.3 Å². The monoisotopic (exact) mass is 375 g/mol. The Balaban J connectivity index is 1.59. The highest BCUT2D eigenvalue weighted by molar-refractivity contribution is 5.76. The molecular formula is C19H16F3N3O2. The highest BCUT2D eigenvalue weighted by atomic mass is 19.4. The van der Waals surface area contributed by atoms with Gasteiger partial charge < -0.3 is 9.84 Å². The Morgan fingerprint density at radius 1 is 1.11 bits per heavy atom. The van der Waals surface area contributed by atoms with Gasteiger partial charge in [0.15, 0.2) is 5.76 Å². The fraction of sp³-hybridized carbons (Fsp3) is 0.211. The van der Waals surface area contributed by atoms with E-state index in [4.69, 9.17) is 4.52 Å². The Morgan fingerprint density at radius 3 is 2.56 bits per heavy atom. The van der Waals surface area contributed by atoms with Crippen molar-refractivity contribution in [3.05, 3.63) is 71.7 Å². The number of alkyl halides is 3. The van der Waals surface area contributed by atoms with Gasteiger partial charge in [0.05, 0.1) is 24.0 Å². The fourth-order valence-electron chi connectivity index (χ4n) is 2.52. The van der Waals surface area contributed by atoms with Gasteiger partial charge in [-0.2, -0.15) is 13.2 Å². The summed E-state index contributed by atoms with van der Waals surface area (Å²) in [5, 5.41) is 6.47. The van der Waals surface area contributed by atoms with E-state index in [1.54, 1.807) is 12.3 Å². The molecule has 2 aromatic heterocycles. The standard InChI is InChI=1S/C19H16F3N3O2/c20-19(21,22)15-7-4-13(5-8-15)18-14(11-25-27-18)6-9-17(26)24-12-16-3-1-2-10-23-16/h1-5,7-8,10-11H,6,9,12H2,(H,24,26). The number of benzene rings is 1. The van der Waals surface area contributed by atoms with E-state index in [0.717, 1.165) is 17.8 Å². The van der Waals surface area contributed by atoms with Gasteiger partial charge >= 0.3 is 6.18 Å². The third kappa shape index (κ3) is 4.93. The van der Waals surface area contributed by atoms with E-state index in [9.17, 15) is 18.0 Å². The summed E-state index contributed by atoms with van der Waals surface area (Å²) in [6.45, 7) is 0.328. The van der Waals surface area contributed by atoms with E-state index >= 15 is 0 Å². The van der Waals surface area contributed by atoms with Crippen molar-refractivity contribution < 1.29 is 22.5 Å². The number of nitrogens with zero attached hydrogens (tertiary/aromatic N) is 2. The molecule has 0 unspecified atom stereocenters. The van der Waals surface area contributed by atoms with Crippen LogP contribution in [0.1, 0.15) is 23.2 Å². The van der Waals surface area contributed by atoms with Gasteiger partial charge in [-0.1, -0.05) is 23.4 Å². The maximum Gasteiger partial charge on any atom is 0.416 e. The highest BCUT2D eigenvalue weighted by Gasteiger charge is 2.30. The molecular weight excluding hydrogens is 359 g/mol. The quantitative estimate of drug-likeness (QED) is 0.707. The van der Waals surface area contributed by atoms with E-state index in [1.807, 2.05) is 12.1 Å². The summed E-state index contributed by atoms with van der Waals surface area (Å²) < 4.78 is 43.1. The van der Waals surface area contributed by atoms with Crippen LogP contribution in [0.25, 0.3) is 11.3 Å². The van der Waals surface area contributed by atoms with Crippen LogP contribution < -0.4 is 5.32 Å². The largest absolute Gasteiger partial charge is 0.416 e. The molecule has 0 aliphatic rings. The number of aryl methyl sites for hydroxylation is 1. The van der Waals surface area contributed by atoms with Crippen molar-refractivity contribution >= 4 is 5.91 Å². The van der Waals surface area contributed by atoms with Crippen LogP contribution in [0.3, 0.4) is 0 Å². The molecule has 3 aromatic rings. The normalized spacial score (nSPS) is 11.4. The third-order valence-corrected chi connectivity index (χ3v) is 3.93. The van der Waals surface area contributed by atoms with Gasteiger partial charge in [0.1, 0.15) is 0 Å². The van der Waals surface area contributed by atoms with Gasteiger partial charge in [-0.05, 0) is 30.7 Å². The van der Waals surface area contributed by atoms with Crippen LogP contribution in [-0.2, 0) is 23.9 Å². The molecule has 1 amide bonds. The zero-order chi connectivity index (χ0) is 19.3. The number of hydrogen-bond acceptors (Lipinski definition) is 4. The molecule has 0 aliphatic carbocycles. The predicted molar refractivity (Wildman–Crippen MR) is 91.3 cm³/mol. The zero-order valence-electron chi connectivity index (χ0n) is 14.2. The molecule has 1 N–H and O–H groups in total. The van der Waals surface area contributed by atoms with Crippen molar-refractivity contribution in [1.82, 2.24) is 15.5 Å². The molecule has 1 aromatic carbocycles. The number of carbonyl (C=O) groups excluding carboxylic acids is 1. The second-order valence-electron chi connectivity index (χ2n) is 5.85. The van der Waals surface area contributed by atoms with Crippen molar-refractivity contribution in [3.8, 4) is 11.3 Å². The van der Waals surface area contributed by atoms with E-state index in [1.165, 1.54) is 18.3 Å². The molecule has 0 aliphatic heterocycles. The summed E-state index contributed by atoms with van der Waals surface area (Å²) in [5.74, 6) is 0.196. The Labute approximate surface area is 153 Å². The SMILES string of the molecule is O=C(CCc1cnoc1-c1ccc(C(F)(F)F)cc1)NCc1ccccn1. The molecule has 0 radical (unpaired) electrons. The molecule has 0 bridgehead atoms. The lowest BCUT2D eigenvalue weighted by atomic mass is 10.0. The average molecular weight is 375 g/mol. The summed E-state index contributed by atoms with van der Waals surface area (Å²) >= 11 is 0. The average Bonchev–Trinajstić information content (AvgIpc) is 3.13. The molecule has 8 heteroatoms. The Kier molecular flexibility index (Phi) is 5.54. The number of nitrogens with one attached hydrogen (secondary N) is 1. The number of halogens is 3. The topological polar surface area (TPSA) is 68.0 Å². The van der Waals surface area contributed by atoms with E-state index in [2.05, 4.69) is 15.5 Å². The first-order valence-corrected chi connectivity index (χ1v) is 8.21. The van der Waals surface area contributed by atoms with Gasteiger partial charge in [0.25, 0.3) is 0 Å². The van der Waals surface area contributed by atoms with E-state index < -0.39 is 11.7 Å². The van der Waals surface area contributed by atoms with Gasteiger partial charge in [-0.15, -0.1) is 0 Å². The first-order valence-electron chi connectivity index (χ1n) is 8.21. The van der Waals surface area contributed by atoms with Crippen molar-refractivity contribution in [2.24, 2.45) is 0 Å². The van der Waals surface area contributed by atoms with Crippen LogP contribution in [0.5, 0.6) is 0 Å². The lowest BCUT2D eigenvalue weighted by Crippen LogP contribution is -2.23. The van der Waals surface area contributed by atoms with Gasteiger partial charge in [-0.25, -0.2) is 0 Å². The lowest BCUT2D eigenvalue weighted by Gasteiger charge is -2.07. The highest BCUT2D eigenvalue weighted by Crippen LogP contribution is 2.32. The van der Waals surface area contributed by atoms with Crippen molar-refractivity contribution in [2.75, 3.05) is 0 Å². The minimum absolute atomic E-state index is 0.166. The Hall–Kier alpha value is -3.16. The Morgan fingerprint density at radius 2 is 1.89 bits per heavy atom. The number of amides is 1. The summed E-state index contributed by atoms with van der Waals surface area (Å²) in [7, 11) is 0. The fourth-order valence-corrected chi connectivity index (χ4v) is 2.52. The van der Waals surface area contributed by atoms with Crippen LogP contribution >= 0.6 is 0 Å². The van der Waals surface area contributed by atoms with E-state index in [0.29, 0.717) is 29.9 Å². The molecule has 0 fully saturated rings. The summed E-state index contributed by atoms with van der Waals surface area (Å²) in [6, 6.07) is 10.1. The first-order chi connectivity index (χ1) is 12.9. The Bertz CT molecular complexity index is 891. The van der Waals surface area contributed by atoms with Gasteiger partial charge in [-0.3, -0.25) is 9.78 Å². The molecule has 0 atom stereocenters. The smallest absolute Gasteiger partial charge is 0.356 e. The lowest BCUT2D eigenvalue weighted by molar-refractivity contribution is -0.137. The summed E-state index contributed by atoms with van der Waals surface area (Å²) in [4.78, 5) is 16.1. The van der Waals surface area contributed by atoms with Crippen molar-refractivity contribution in [1.29, 1.82) is 0 Å². The number of aromatic nitrogens is 2. The van der Waals surface area contributed by atoms with Gasteiger partial charge in [0, 0.05) is 23.7 Å². The van der Waals surface area contributed by atoms with Crippen LogP contribution in [0.2, 0.25) is 0 Å². The maximum absolute atomic E-state index is 12.7. The molecule has 2 heterocycles. The second-order valence-corrected chi connectivity index (χ2v) is 5.85. The molecule has 0 spiro atoms. The second kappa shape index (κ2) is 8.03. The number of rotatable bonds is 6. The third-order valence-electron chi connectivity index (χ3n) is 3.93. The number of carbonyl (C=O) groups is 1. The van der Waals surface area contributed by atoms with Crippen LogP contribution in [0.4, 0.5) is 13.2 Å². The molecule has 27 heavy (non-hydrogen) atoms. The summed E-state index contributed by atoms with van der Waals surface area (Å²) in [6.07, 6.45) is -0.724. The molecule has 0 saturated heterocycles. The molecule has 5 nitrogen and oxygen atoms in total. The molecule has 140 valence electrons. The van der Waals surface area contributed by atoms with Crippen LogP contribution in [0, 0.1) is 0 Å². The zero-order valence-corrected chi connectivity index (χ0v) is 14.2. The minimum Gasteiger partial charge on any atom is -0.356 e. The van der Waals surface area contributed by atoms with Crippen LogP contribution in [0.15, 0.2) is 59.4 Å². The molecule has 3 rings (SSSR count). The molecule has 0 saturated carbocycles. The van der Waals surface area contributed by atoms with Gasteiger partial charge in [0.2, 0.25) is 5.91 Å².